The van der Waals surface area contributed by atoms with Crippen LogP contribution >= 0.6 is 0 Å². The van der Waals surface area contributed by atoms with Crippen molar-refractivity contribution in [1.82, 2.24) is 0 Å². The Morgan fingerprint density at radius 2 is 2.04 bits per heavy atom. The van der Waals surface area contributed by atoms with Crippen molar-refractivity contribution in [3.8, 4) is 0 Å². The number of carbonyl (C=O) groups is 1. The third kappa shape index (κ3) is 1.79. The molecule has 0 aromatic heterocycles. The highest BCUT2D eigenvalue weighted by Crippen LogP contribution is 2.57. The average molecular weight is 316 g/mol. The first-order valence-corrected chi connectivity index (χ1v) is 9.37. The third-order valence-corrected chi connectivity index (χ3v) is 6.81. The molecule has 1 spiro atoms. The summed E-state index contributed by atoms with van der Waals surface area (Å²) in [5, 5.41) is 2.56. The lowest BCUT2D eigenvalue weighted by atomic mass is 9.63. The fraction of sp³-hybridized carbons (Fsp3) is 0.435. The second-order valence-corrected chi connectivity index (χ2v) is 8.41. The van der Waals surface area contributed by atoms with Crippen LogP contribution in [0.2, 0.25) is 0 Å². The monoisotopic (exact) mass is 316 g/mol. The third-order valence-electron chi connectivity index (χ3n) is 6.81. The number of aryl methyl sites for hydroxylation is 1. The van der Waals surface area contributed by atoms with Crippen LogP contribution in [0.25, 0.3) is 10.8 Å². The second kappa shape index (κ2) is 4.81. The number of Topliss-reactive ketones (excluding diaryl/α,β-unsaturated/α-hetero) is 1. The van der Waals surface area contributed by atoms with Crippen molar-refractivity contribution >= 4 is 16.6 Å². The van der Waals surface area contributed by atoms with E-state index in [4.69, 9.17) is 0 Å². The van der Waals surface area contributed by atoms with Gasteiger partial charge in [-0.3, -0.25) is 4.79 Å². The molecule has 2 bridgehead atoms. The fourth-order valence-corrected chi connectivity index (χ4v) is 5.56. The Morgan fingerprint density at radius 3 is 2.75 bits per heavy atom. The maximum absolute atomic E-state index is 13.5. The van der Waals surface area contributed by atoms with Crippen molar-refractivity contribution in [3.63, 3.8) is 0 Å². The van der Waals surface area contributed by atoms with Gasteiger partial charge < -0.3 is 0 Å². The largest absolute Gasteiger partial charge is 0.294 e. The quantitative estimate of drug-likeness (QED) is 0.619. The van der Waals surface area contributed by atoms with Crippen LogP contribution < -0.4 is 0 Å². The number of hydrogen-bond donors (Lipinski definition) is 0. The minimum Gasteiger partial charge on any atom is -0.294 e. The molecule has 0 N–H and O–H groups in total. The predicted molar refractivity (Wildman–Crippen MR) is 98.5 cm³/mol. The maximum atomic E-state index is 13.5. The van der Waals surface area contributed by atoms with E-state index in [1.807, 2.05) is 0 Å². The Morgan fingerprint density at radius 1 is 1.17 bits per heavy atom. The van der Waals surface area contributed by atoms with Crippen LogP contribution in [0.15, 0.2) is 42.5 Å². The molecule has 1 saturated carbocycles. The van der Waals surface area contributed by atoms with E-state index < -0.39 is 0 Å². The van der Waals surface area contributed by atoms with Gasteiger partial charge >= 0.3 is 0 Å². The molecule has 3 aliphatic carbocycles. The summed E-state index contributed by atoms with van der Waals surface area (Å²) >= 11 is 0. The standard InChI is InChI=1S/C23H24O/c1-14(2)19-5-3-4-16-12-21-17(11-20(16)19)8-9-23(22(21)24)13-15-6-7-18(23)10-15/h3-7,11-12,14-15,18H,8-10,13H2,1-2H3. The van der Waals surface area contributed by atoms with Crippen LogP contribution in [0.1, 0.15) is 60.5 Å². The number of ketones is 1. The molecule has 3 aliphatic rings. The topological polar surface area (TPSA) is 17.1 Å². The zero-order valence-corrected chi connectivity index (χ0v) is 14.5. The van der Waals surface area contributed by atoms with E-state index in [1.165, 1.54) is 28.3 Å². The van der Waals surface area contributed by atoms with Gasteiger partial charge in [-0.15, -0.1) is 0 Å². The Kier molecular flexibility index (Phi) is 2.90. The first-order chi connectivity index (χ1) is 11.6. The number of benzene rings is 2. The molecule has 0 amide bonds. The molecule has 2 aromatic carbocycles. The van der Waals surface area contributed by atoms with Gasteiger partial charge in [0.25, 0.3) is 0 Å². The lowest BCUT2D eigenvalue weighted by molar-refractivity contribution is 0.0703. The van der Waals surface area contributed by atoms with Crippen molar-refractivity contribution in [1.29, 1.82) is 0 Å². The number of hydrogen-bond acceptors (Lipinski definition) is 1. The van der Waals surface area contributed by atoms with Gasteiger partial charge in [0.2, 0.25) is 0 Å². The van der Waals surface area contributed by atoms with Gasteiger partial charge in [-0.1, -0.05) is 50.3 Å². The van der Waals surface area contributed by atoms with Crippen LogP contribution in [-0.2, 0) is 6.42 Å². The summed E-state index contributed by atoms with van der Waals surface area (Å²) < 4.78 is 0. The van der Waals surface area contributed by atoms with Crippen molar-refractivity contribution in [2.45, 2.75) is 45.4 Å². The molecule has 122 valence electrons. The number of rotatable bonds is 1. The van der Waals surface area contributed by atoms with Gasteiger partial charge in [-0.05, 0) is 71.4 Å². The molecule has 24 heavy (non-hydrogen) atoms. The molecule has 3 unspecified atom stereocenters. The Bertz CT molecular complexity index is 888. The van der Waals surface area contributed by atoms with Crippen LogP contribution in [0.3, 0.4) is 0 Å². The van der Waals surface area contributed by atoms with E-state index in [-0.39, 0.29) is 5.41 Å². The number of allylic oxidation sites excluding steroid dienone is 2. The Balaban J connectivity index is 1.67. The molecule has 5 rings (SSSR count). The molecule has 3 atom stereocenters. The van der Waals surface area contributed by atoms with Crippen LogP contribution in [0.5, 0.6) is 0 Å². The van der Waals surface area contributed by atoms with Gasteiger partial charge in [0.05, 0.1) is 0 Å². The van der Waals surface area contributed by atoms with Gasteiger partial charge in [0.15, 0.2) is 5.78 Å². The lowest BCUT2D eigenvalue weighted by Crippen LogP contribution is -2.39. The molecule has 0 heterocycles. The lowest BCUT2D eigenvalue weighted by Gasteiger charge is -2.38. The molecule has 1 fully saturated rings. The molecule has 0 aliphatic heterocycles. The van der Waals surface area contributed by atoms with Crippen LogP contribution in [0, 0.1) is 17.3 Å². The summed E-state index contributed by atoms with van der Waals surface area (Å²) in [7, 11) is 0. The summed E-state index contributed by atoms with van der Waals surface area (Å²) in [5.41, 5.74) is 3.59. The van der Waals surface area contributed by atoms with Crippen LogP contribution in [-0.4, -0.2) is 5.78 Å². The van der Waals surface area contributed by atoms with Gasteiger partial charge in [-0.25, -0.2) is 0 Å². The highest BCUT2D eigenvalue weighted by molar-refractivity contribution is 6.06. The maximum Gasteiger partial charge on any atom is 0.169 e. The number of fused-ring (bicyclic) bond motifs is 5. The van der Waals surface area contributed by atoms with E-state index in [1.54, 1.807) is 0 Å². The molecule has 1 nitrogen and oxygen atoms in total. The van der Waals surface area contributed by atoms with E-state index in [0.29, 0.717) is 23.5 Å². The SMILES string of the molecule is CC(C)c1cccc2cc3c(cc12)CCC1(CC2C=CC1C2)C3=O. The minimum atomic E-state index is -0.0875. The minimum absolute atomic E-state index is 0.0875. The number of carbonyl (C=O) groups excluding carboxylic acids is 1. The summed E-state index contributed by atoms with van der Waals surface area (Å²) in [6.07, 6.45) is 9.05. The predicted octanol–water partition coefficient (Wildman–Crippen LogP) is 5.67. The molecule has 1 heteroatoms. The zero-order chi connectivity index (χ0) is 16.5. The normalized spacial score (nSPS) is 30.7. The summed E-state index contributed by atoms with van der Waals surface area (Å²) in [6.45, 7) is 4.49. The van der Waals surface area contributed by atoms with Crippen molar-refractivity contribution in [3.05, 3.63) is 59.2 Å². The summed E-state index contributed by atoms with van der Waals surface area (Å²) in [6, 6.07) is 11.0. The molecule has 0 saturated heterocycles. The molecular formula is C23H24O. The average Bonchev–Trinajstić information content (AvgIpc) is 3.18. The molecule has 2 aromatic rings. The summed E-state index contributed by atoms with van der Waals surface area (Å²) in [4.78, 5) is 13.5. The van der Waals surface area contributed by atoms with E-state index >= 15 is 0 Å². The van der Waals surface area contributed by atoms with Crippen molar-refractivity contribution in [2.75, 3.05) is 0 Å². The van der Waals surface area contributed by atoms with Crippen molar-refractivity contribution < 1.29 is 4.79 Å². The van der Waals surface area contributed by atoms with Crippen molar-refractivity contribution in [2.24, 2.45) is 17.3 Å². The second-order valence-electron chi connectivity index (χ2n) is 8.41. The molecule has 0 radical (unpaired) electrons. The van der Waals surface area contributed by atoms with E-state index in [2.05, 4.69) is 56.3 Å². The Hall–Kier alpha value is -1.89. The van der Waals surface area contributed by atoms with Gasteiger partial charge in [0.1, 0.15) is 0 Å². The van der Waals surface area contributed by atoms with E-state index in [9.17, 15) is 4.79 Å². The highest BCUT2D eigenvalue weighted by Gasteiger charge is 2.54. The smallest absolute Gasteiger partial charge is 0.169 e. The summed E-state index contributed by atoms with van der Waals surface area (Å²) in [5.74, 6) is 2.07. The first-order valence-electron chi connectivity index (χ1n) is 9.37. The van der Waals surface area contributed by atoms with E-state index in [0.717, 1.165) is 24.8 Å². The Labute approximate surface area is 143 Å². The zero-order valence-electron chi connectivity index (χ0n) is 14.5. The van der Waals surface area contributed by atoms with Gasteiger partial charge in [0, 0.05) is 11.0 Å². The molecular weight excluding hydrogens is 292 g/mol. The fourth-order valence-electron chi connectivity index (χ4n) is 5.56. The highest BCUT2D eigenvalue weighted by atomic mass is 16.1. The van der Waals surface area contributed by atoms with Gasteiger partial charge in [-0.2, -0.15) is 0 Å². The first kappa shape index (κ1) is 14.5. The van der Waals surface area contributed by atoms with Crippen LogP contribution in [0.4, 0.5) is 0 Å².